The van der Waals surface area contributed by atoms with Crippen LogP contribution in [0, 0.1) is 0 Å². The predicted molar refractivity (Wildman–Crippen MR) is 111 cm³/mol. The number of alkyl halides is 3. The molecule has 0 bridgehead atoms. The second-order valence-corrected chi connectivity index (χ2v) is 7.11. The van der Waals surface area contributed by atoms with Gasteiger partial charge < -0.3 is 19.9 Å². The molecule has 0 aliphatic rings. The molecule has 2 aromatic heterocycles. The largest absolute Gasteiger partial charge is 0.573 e. The van der Waals surface area contributed by atoms with Gasteiger partial charge >= 0.3 is 6.36 Å². The van der Waals surface area contributed by atoms with E-state index in [1.165, 1.54) is 24.3 Å². The Bertz CT molecular complexity index is 1050. The van der Waals surface area contributed by atoms with Gasteiger partial charge in [0.1, 0.15) is 22.8 Å². The third kappa shape index (κ3) is 6.13. The Morgan fingerprint density at radius 1 is 1.12 bits per heavy atom. The van der Waals surface area contributed by atoms with Crippen LogP contribution in [0.4, 0.5) is 13.2 Å². The minimum absolute atomic E-state index is 0.114. The molecule has 0 aliphatic heterocycles. The Morgan fingerprint density at radius 2 is 1.88 bits per heavy atom. The van der Waals surface area contributed by atoms with E-state index in [0.29, 0.717) is 41.2 Å². The summed E-state index contributed by atoms with van der Waals surface area (Å²) in [5, 5.41) is 11.8. The first-order valence-corrected chi connectivity index (χ1v) is 10.1. The van der Waals surface area contributed by atoms with Crippen molar-refractivity contribution in [2.24, 2.45) is 0 Å². The van der Waals surface area contributed by atoms with Crippen LogP contribution >= 0.6 is 0 Å². The Hall–Kier alpha value is -3.27. The molecule has 0 aliphatic carbocycles. The summed E-state index contributed by atoms with van der Waals surface area (Å²) in [5.41, 5.74) is 2.21. The van der Waals surface area contributed by atoms with E-state index >= 15 is 0 Å². The fourth-order valence-electron chi connectivity index (χ4n) is 3.27. The number of aromatic nitrogens is 2. The van der Waals surface area contributed by atoms with E-state index in [-0.39, 0.29) is 24.8 Å². The van der Waals surface area contributed by atoms with Gasteiger partial charge in [0.25, 0.3) is 5.91 Å². The third-order valence-electron chi connectivity index (χ3n) is 4.80. The van der Waals surface area contributed by atoms with Crippen LogP contribution in [0.3, 0.4) is 0 Å². The van der Waals surface area contributed by atoms with E-state index < -0.39 is 6.36 Å². The number of rotatable bonds is 10. The maximum Gasteiger partial charge on any atom is 0.573 e. The highest BCUT2D eigenvalue weighted by molar-refractivity contribution is 5.94. The van der Waals surface area contributed by atoms with Crippen molar-refractivity contribution in [1.82, 2.24) is 14.7 Å². The number of methoxy groups -OCH3 is 1. The molecule has 0 saturated heterocycles. The van der Waals surface area contributed by atoms with E-state index in [2.05, 4.69) is 15.0 Å². The maximum absolute atomic E-state index is 13.0. The second-order valence-electron chi connectivity index (χ2n) is 7.11. The van der Waals surface area contributed by atoms with Crippen LogP contribution in [0.2, 0.25) is 0 Å². The fraction of sp³-hybridized carbons (Fsp3) is 0.364. The summed E-state index contributed by atoms with van der Waals surface area (Å²) in [6.45, 7) is 0.237. The average Bonchev–Trinajstić information content (AvgIpc) is 3.12. The molecular formula is C22H24F3N3O4. The molecule has 1 amide bonds. The third-order valence-corrected chi connectivity index (χ3v) is 4.80. The molecule has 0 radical (unpaired) electrons. The quantitative estimate of drug-likeness (QED) is 0.457. The molecule has 2 N–H and O–H groups in total. The van der Waals surface area contributed by atoms with Crippen LogP contribution in [0.25, 0.3) is 5.65 Å². The number of carbonyl (C=O) groups excluding carboxylic acids is 1. The molecule has 3 rings (SSSR count). The van der Waals surface area contributed by atoms with Gasteiger partial charge in [-0.1, -0.05) is 18.6 Å². The lowest BCUT2D eigenvalue weighted by atomic mass is 10.1. The zero-order valence-corrected chi connectivity index (χ0v) is 17.5. The zero-order valence-electron chi connectivity index (χ0n) is 17.5. The molecule has 0 unspecified atom stereocenters. The number of carbonyl (C=O) groups is 1. The van der Waals surface area contributed by atoms with E-state index in [0.717, 1.165) is 12.8 Å². The van der Waals surface area contributed by atoms with Gasteiger partial charge in [-0.15, -0.1) is 13.2 Å². The molecule has 172 valence electrons. The number of aliphatic hydroxyl groups excluding tert-OH is 1. The number of pyridine rings is 1. The van der Waals surface area contributed by atoms with Gasteiger partial charge in [0, 0.05) is 25.4 Å². The maximum atomic E-state index is 13.0. The van der Waals surface area contributed by atoms with Crippen LogP contribution in [-0.2, 0) is 13.0 Å². The SMILES string of the molecule is COc1ccn2c(C(=O)NCc3ccc(OC(F)(F)F)cc3)c(CCCCCO)nc2c1. The Balaban J connectivity index is 1.75. The lowest BCUT2D eigenvalue weighted by Crippen LogP contribution is -2.25. The smallest absolute Gasteiger partial charge is 0.497 e. The van der Waals surface area contributed by atoms with Gasteiger partial charge in [-0.2, -0.15) is 0 Å². The number of ether oxygens (including phenoxy) is 2. The molecule has 2 heterocycles. The van der Waals surface area contributed by atoms with Crippen LogP contribution in [0.5, 0.6) is 11.5 Å². The summed E-state index contributed by atoms with van der Waals surface area (Å²) in [6.07, 6.45) is -0.234. The number of aryl methyl sites for hydroxylation is 1. The zero-order chi connectivity index (χ0) is 23.1. The van der Waals surface area contributed by atoms with E-state index in [4.69, 9.17) is 9.84 Å². The fourth-order valence-corrected chi connectivity index (χ4v) is 3.27. The lowest BCUT2D eigenvalue weighted by Gasteiger charge is -2.10. The molecule has 0 fully saturated rings. The number of benzene rings is 1. The summed E-state index contributed by atoms with van der Waals surface area (Å²) < 4.78 is 47.6. The van der Waals surface area contributed by atoms with Gasteiger partial charge in [-0.3, -0.25) is 9.20 Å². The van der Waals surface area contributed by atoms with Crippen LogP contribution < -0.4 is 14.8 Å². The van der Waals surface area contributed by atoms with Gasteiger partial charge in [0.15, 0.2) is 0 Å². The van der Waals surface area contributed by atoms with E-state index in [1.807, 2.05) is 0 Å². The summed E-state index contributed by atoms with van der Waals surface area (Å²) in [7, 11) is 1.54. The second kappa shape index (κ2) is 10.4. The molecule has 7 nitrogen and oxygen atoms in total. The lowest BCUT2D eigenvalue weighted by molar-refractivity contribution is -0.274. The van der Waals surface area contributed by atoms with Gasteiger partial charge in [0.2, 0.25) is 0 Å². The number of nitrogens with zero attached hydrogens (tertiary/aromatic N) is 2. The number of fused-ring (bicyclic) bond motifs is 1. The van der Waals surface area contributed by atoms with Crippen molar-refractivity contribution >= 4 is 11.6 Å². The molecular weight excluding hydrogens is 427 g/mol. The van der Waals surface area contributed by atoms with Gasteiger partial charge in [-0.05, 0) is 43.0 Å². The number of amides is 1. The Morgan fingerprint density at radius 3 is 2.53 bits per heavy atom. The highest BCUT2D eigenvalue weighted by Crippen LogP contribution is 2.23. The van der Waals surface area contributed by atoms with Crippen molar-refractivity contribution in [2.75, 3.05) is 13.7 Å². The van der Waals surface area contributed by atoms with Crippen LogP contribution in [-0.4, -0.2) is 40.5 Å². The van der Waals surface area contributed by atoms with Gasteiger partial charge in [-0.25, -0.2) is 4.98 Å². The summed E-state index contributed by atoms with van der Waals surface area (Å²) in [4.78, 5) is 17.6. The number of nitrogens with one attached hydrogen (secondary N) is 1. The van der Waals surface area contributed by atoms with Crippen molar-refractivity contribution in [3.63, 3.8) is 0 Å². The standard InChI is InChI=1S/C22H24F3N3O4/c1-31-17-10-11-28-19(13-17)27-18(5-3-2-4-12-29)20(28)21(30)26-14-15-6-8-16(9-7-15)32-22(23,24)25/h6-11,13,29H,2-5,12,14H2,1H3,(H,26,30). The highest BCUT2D eigenvalue weighted by Gasteiger charge is 2.31. The first-order chi connectivity index (χ1) is 15.3. The van der Waals surface area contributed by atoms with E-state index in [9.17, 15) is 18.0 Å². The topological polar surface area (TPSA) is 85.1 Å². The highest BCUT2D eigenvalue weighted by atomic mass is 19.4. The number of hydrogen-bond acceptors (Lipinski definition) is 5. The minimum Gasteiger partial charge on any atom is -0.497 e. The summed E-state index contributed by atoms with van der Waals surface area (Å²) in [5.74, 6) is -0.0635. The molecule has 0 saturated carbocycles. The molecule has 3 aromatic rings. The summed E-state index contributed by atoms with van der Waals surface area (Å²) in [6, 6.07) is 8.75. The van der Waals surface area contributed by atoms with Crippen molar-refractivity contribution in [3.05, 3.63) is 59.5 Å². The average molecular weight is 451 g/mol. The molecule has 0 spiro atoms. The first kappa shape index (κ1) is 23.4. The minimum atomic E-state index is -4.75. The van der Waals surface area contributed by atoms with Crippen molar-refractivity contribution < 1.29 is 32.5 Å². The monoisotopic (exact) mass is 451 g/mol. The normalized spacial score (nSPS) is 11.5. The van der Waals surface area contributed by atoms with Gasteiger partial charge in [0.05, 0.1) is 12.8 Å². The van der Waals surface area contributed by atoms with Crippen LogP contribution in [0.15, 0.2) is 42.6 Å². The van der Waals surface area contributed by atoms with Crippen molar-refractivity contribution in [2.45, 2.75) is 38.6 Å². The molecule has 10 heteroatoms. The van der Waals surface area contributed by atoms with Crippen molar-refractivity contribution in [3.8, 4) is 11.5 Å². The number of unbranched alkanes of at least 4 members (excludes halogenated alkanes) is 2. The number of halogens is 3. The number of aliphatic hydroxyl groups is 1. The van der Waals surface area contributed by atoms with E-state index in [1.54, 1.807) is 29.8 Å². The predicted octanol–water partition coefficient (Wildman–Crippen LogP) is 3.88. The number of imidazole rings is 1. The molecule has 1 aromatic carbocycles. The molecule has 0 atom stereocenters. The Labute approximate surface area is 182 Å². The first-order valence-electron chi connectivity index (χ1n) is 10.1. The Kier molecular flexibility index (Phi) is 7.57. The van der Waals surface area contributed by atoms with Crippen LogP contribution in [0.1, 0.15) is 41.0 Å². The molecule has 32 heavy (non-hydrogen) atoms. The summed E-state index contributed by atoms with van der Waals surface area (Å²) >= 11 is 0. The van der Waals surface area contributed by atoms with Crippen molar-refractivity contribution in [1.29, 1.82) is 0 Å². The number of hydrogen-bond donors (Lipinski definition) is 2.